The number of hydrogen-bond donors (Lipinski definition) is 2. The highest BCUT2D eigenvalue weighted by Gasteiger charge is 2.82. The number of nitrogens with two attached hydrogens (primary N) is 1. The third kappa shape index (κ3) is 3.98. The SMILES string of the molecule is C[C@@]1(C(F)(F)F)CN(c2ccc([C@H]3C(F)(F)[C@]3(C)C(=O)NC(C(N)=O)C3CCCO3)cc2)c2cnc3cc(Cl)nn3c21. The number of nitrogens with zero attached hydrogens (tertiary/aromatic N) is 4. The van der Waals surface area contributed by atoms with Gasteiger partial charge >= 0.3 is 6.18 Å². The maximum Gasteiger partial charge on any atom is 0.401 e. The number of anilines is 2. The number of ether oxygens (including phenoxy) is 1. The van der Waals surface area contributed by atoms with Crippen molar-refractivity contribution in [2.24, 2.45) is 11.1 Å². The Bertz CT molecular complexity index is 1590. The lowest BCUT2D eigenvalue weighted by molar-refractivity contribution is -0.181. The van der Waals surface area contributed by atoms with Crippen LogP contribution in [0, 0.1) is 5.41 Å². The second kappa shape index (κ2) is 9.24. The Morgan fingerprint density at radius 3 is 2.50 bits per heavy atom. The summed E-state index contributed by atoms with van der Waals surface area (Å²) in [5, 5.41) is 6.36. The fourth-order valence-corrected chi connectivity index (χ4v) is 6.42. The molecule has 1 saturated carbocycles. The molecule has 9 nitrogen and oxygen atoms in total. The van der Waals surface area contributed by atoms with E-state index in [-0.39, 0.29) is 27.7 Å². The summed E-state index contributed by atoms with van der Waals surface area (Å²) < 4.78 is 80.2. The lowest BCUT2D eigenvalue weighted by Crippen LogP contribution is -2.53. The predicted octanol–water partition coefficient (Wildman–Crippen LogP) is 4.24. The first-order chi connectivity index (χ1) is 19.6. The number of aromatic nitrogens is 3. The van der Waals surface area contributed by atoms with E-state index in [1.54, 1.807) is 0 Å². The molecule has 3 aromatic rings. The molecule has 224 valence electrons. The van der Waals surface area contributed by atoms with Crippen LogP contribution in [-0.2, 0) is 19.7 Å². The predicted molar refractivity (Wildman–Crippen MR) is 141 cm³/mol. The highest BCUT2D eigenvalue weighted by Crippen LogP contribution is 2.71. The summed E-state index contributed by atoms with van der Waals surface area (Å²) in [4.78, 5) is 30.6. The van der Waals surface area contributed by atoms with E-state index in [9.17, 15) is 22.8 Å². The van der Waals surface area contributed by atoms with Crippen LogP contribution in [0.4, 0.5) is 33.3 Å². The first-order valence-electron chi connectivity index (χ1n) is 13.2. The molecule has 3 N–H and O–H groups in total. The molecule has 2 aliphatic heterocycles. The molecule has 42 heavy (non-hydrogen) atoms. The third-order valence-corrected chi connectivity index (χ3v) is 9.02. The zero-order valence-electron chi connectivity index (χ0n) is 22.4. The zero-order chi connectivity index (χ0) is 30.4. The minimum absolute atomic E-state index is 0.0152. The Balaban J connectivity index is 1.29. The van der Waals surface area contributed by atoms with E-state index in [0.717, 1.165) is 18.4 Å². The Kier molecular flexibility index (Phi) is 6.29. The number of carbonyl (C=O) groups is 2. The van der Waals surface area contributed by atoms with Gasteiger partial charge in [-0.15, -0.1) is 0 Å². The molecule has 1 saturated heterocycles. The van der Waals surface area contributed by atoms with E-state index in [2.05, 4.69) is 15.4 Å². The van der Waals surface area contributed by atoms with Crippen LogP contribution in [0.5, 0.6) is 0 Å². The summed E-state index contributed by atoms with van der Waals surface area (Å²) in [5.74, 6) is -6.91. The van der Waals surface area contributed by atoms with Gasteiger partial charge in [-0.25, -0.2) is 18.3 Å². The molecule has 1 aliphatic carbocycles. The summed E-state index contributed by atoms with van der Waals surface area (Å²) >= 11 is 5.96. The highest BCUT2D eigenvalue weighted by atomic mass is 35.5. The van der Waals surface area contributed by atoms with Crippen molar-refractivity contribution in [1.29, 1.82) is 0 Å². The molecule has 2 aromatic heterocycles. The standard InChI is InChI=1S/C27H26ClF5N6O3/c1-24(27(31,32)33)12-38(15-11-35-18-10-17(28)37-39(18)21(15)24)14-7-5-13(6-8-14)20-25(2,26(20,29)30)23(41)36-19(22(34)40)16-4-3-9-42-16/h5-8,10-11,16,19-20H,3-4,9,12H2,1-2H3,(H2,34,40)(H,36,41)/t16?,19?,20-,24-,25+/m1/s1. The van der Waals surface area contributed by atoms with Crippen LogP contribution in [-0.4, -0.2) is 63.8 Å². The molecule has 2 unspecified atom stereocenters. The number of primary amides is 1. The fraction of sp³-hybridized carbons (Fsp3) is 0.481. The third-order valence-electron chi connectivity index (χ3n) is 8.84. The summed E-state index contributed by atoms with van der Waals surface area (Å²) in [6.45, 7) is 2.01. The van der Waals surface area contributed by atoms with Gasteiger partial charge in [0.05, 0.1) is 29.6 Å². The number of nitrogens with one attached hydrogen (secondary N) is 1. The van der Waals surface area contributed by atoms with E-state index >= 15 is 8.78 Å². The molecule has 4 heterocycles. The van der Waals surface area contributed by atoms with Gasteiger partial charge in [0.2, 0.25) is 11.8 Å². The van der Waals surface area contributed by atoms with Crippen LogP contribution in [0.25, 0.3) is 5.65 Å². The second-order valence-electron chi connectivity index (χ2n) is 11.4. The average Bonchev–Trinajstić information content (AvgIpc) is 3.46. The summed E-state index contributed by atoms with van der Waals surface area (Å²) in [6, 6.07) is 5.67. The van der Waals surface area contributed by atoms with E-state index < -0.39 is 59.4 Å². The number of alkyl halides is 5. The van der Waals surface area contributed by atoms with Gasteiger partial charge in [0.25, 0.3) is 5.92 Å². The molecular formula is C27H26ClF5N6O3. The molecule has 3 aliphatic rings. The normalized spacial score (nSPS) is 29.0. The number of hydrogen-bond acceptors (Lipinski definition) is 6. The Labute approximate surface area is 241 Å². The zero-order valence-corrected chi connectivity index (χ0v) is 23.1. The number of benzene rings is 1. The topological polar surface area (TPSA) is 115 Å². The van der Waals surface area contributed by atoms with E-state index in [4.69, 9.17) is 22.1 Å². The van der Waals surface area contributed by atoms with Gasteiger partial charge in [0, 0.05) is 24.9 Å². The van der Waals surface area contributed by atoms with Gasteiger partial charge in [-0.1, -0.05) is 23.7 Å². The van der Waals surface area contributed by atoms with Crippen molar-refractivity contribution < 1.29 is 36.3 Å². The van der Waals surface area contributed by atoms with Gasteiger partial charge in [-0.2, -0.15) is 18.3 Å². The number of fused-ring (bicyclic) bond motifs is 3. The maximum absolute atomic E-state index is 15.2. The van der Waals surface area contributed by atoms with Crippen LogP contribution in [0.3, 0.4) is 0 Å². The lowest BCUT2D eigenvalue weighted by atomic mass is 9.87. The van der Waals surface area contributed by atoms with Crippen molar-refractivity contribution in [2.45, 2.75) is 62.3 Å². The van der Waals surface area contributed by atoms with Crippen molar-refractivity contribution in [2.75, 3.05) is 18.1 Å². The second-order valence-corrected chi connectivity index (χ2v) is 11.8. The van der Waals surface area contributed by atoms with E-state index in [0.29, 0.717) is 25.1 Å². The number of rotatable bonds is 6. The Hall–Kier alpha value is -3.52. The Morgan fingerprint density at radius 1 is 1.21 bits per heavy atom. The van der Waals surface area contributed by atoms with Crippen LogP contribution in [0.1, 0.15) is 43.9 Å². The van der Waals surface area contributed by atoms with Crippen molar-refractivity contribution in [3.05, 3.63) is 52.9 Å². The fourth-order valence-electron chi connectivity index (χ4n) is 6.25. The smallest absolute Gasteiger partial charge is 0.376 e. The van der Waals surface area contributed by atoms with Gasteiger partial charge in [-0.3, -0.25) is 9.59 Å². The molecule has 0 spiro atoms. The van der Waals surface area contributed by atoms with Crippen molar-refractivity contribution in [3.8, 4) is 0 Å². The van der Waals surface area contributed by atoms with Gasteiger partial charge in [0.1, 0.15) is 16.9 Å². The maximum atomic E-state index is 15.2. The first kappa shape index (κ1) is 28.6. The van der Waals surface area contributed by atoms with E-state index in [1.807, 2.05) is 0 Å². The molecular weight excluding hydrogens is 587 g/mol. The van der Waals surface area contributed by atoms with Crippen molar-refractivity contribution >= 4 is 40.4 Å². The van der Waals surface area contributed by atoms with Gasteiger partial charge in [-0.05, 0) is 44.4 Å². The van der Waals surface area contributed by atoms with Gasteiger partial charge in [0.15, 0.2) is 10.8 Å². The van der Waals surface area contributed by atoms with Crippen molar-refractivity contribution in [3.63, 3.8) is 0 Å². The molecule has 2 fully saturated rings. The van der Waals surface area contributed by atoms with Crippen LogP contribution < -0.4 is 16.0 Å². The van der Waals surface area contributed by atoms with Gasteiger partial charge < -0.3 is 20.7 Å². The first-order valence-corrected chi connectivity index (χ1v) is 13.6. The lowest BCUT2D eigenvalue weighted by Gasteiger charge is -2.28. The molecule has 2 amide bonds. The molecule has 6 rings (SSSR count). The highest BCUT2D eigenvalue weighted by molar-refractivity contribution is 6.29. The number of carbonyl (C=O) groups excluding carboxylic acids is 2. The summed E-state index contributed by atoms with van der Waals surface area (Å²) in [5.41, 5.74) is 1.45. The minimum Gasteiger partial charge on any atom is -0.376 e. The summed E-state index contributed by atoms with van der Waals surface area (Å²) in [6.07, 6.45) is -2.96. The van der Waals surface area contributed by atoms with Crippen LogP contribution in [0.2, 0.25) is 5.15 Å². The van der Waals surface area contributed by atoms with Crippen molar-refractivity contribution in [1.82, 2.24) is 19.9 Å². The average molecular weight is 613 g/mol. The molecule has 0 radical (unpaired) electrons. The monoisotopic (exact) mass is 612 g/mol. The largest absolute Gasteiger partial charge is 0.401 e. The van der Waals surface area contributed by atoms with E-state index in [1.165, 1.54) is 41.4 Å². The molecule has 5 atom stereocenters. The van der Waals surface area contributed by atoms with Crippen LogP contribution in [0.15, 0.2) is 36.5 Å². The summed E-state index contributed by atoms with van der Waals surface area (Å²) in [7, 11) is 0. The quantitative estimate of drug-likeness (QED) is 0.403. The molecule has 15 heteroatoms. The number of amides is 2. The minimum atomic E-state index is -4.67. The molecule has 0 bridgehead atoms. The van der Waals surface area contributed by atoms with Crippen LogP contribution >= 0.6 is 11.6 Å². The molecule has 1 aromatic carbocycles. The Morgan fingerprint density at radius 2 is 1.90 bits per heavy atom. The number of halogens is 6.